The Kier molecular flexibility index (Phi) is 9.51. The van der Waals surface area contributed by atoms with Gasteiger partial charge in [-0.15, -0.1) is 0 Å². The maximum Gasteiger partial charge on any atom is 0.320 e. The number of alkyl halides is 2. The lowest BCUT2D eigenvalue weighted by Gasteiger charge is -2.33. The number of amides is 4. The molecule has 3 rings (SSSR count). The normalized spacial score (nSPS) is 13.3. The van der Waals surface area contributed by atoms with Crippen LogP contribution in [0.1, 0.15) is 21.5 Å². The van der Waals surface area contributed by atoms with E-state index in [1.807, 2.05) is 24.3 Å². The van der Waals surface area contributed by atoms with Gasteiger partial charge in [0.05, 0.1) is 26.9 Å². The lowest BCUT2D eigenvalue weighted by Crippen LogP contribution is -2.48. The van der Waals surface area contributed by atoms with E-state index in [2.05, 4.69) is 0 Å². The molecule has 12 heteroatoms. The highest BCUT2D eigenvalue weighted by atomic mass is 19.3. The van der Waals surface area contributed by atoms with Gasteiger partial charge in [-0.2, -0.15) is 8.78 Å². The zero-order valence-electron chi connectivity index (χ0n) is 19.6. The van der Waals surface area contributed by atoms with Crippen molar-refractivity contribution >= 4 is 17.8 Å². The molecule has 1 saturated heterocycles. The summed E-state index contributed by atoms with van der Waals surface area (Å²) in [5.74, 6) is -2.74. The Balaban J connectivity index is 1.74. The number of rotatable bonds is 8. The van der Waals surface area contributed by atoms with Crippen molar-refractivity contribution in [1.82, 2.24) is 20.7 Å². The summed E-state index contributed by atoms with van der Waals surface area (Å²) < 4.78 is 50.1. The summed E-state index contributed by atoms with van der Waals surface area (Å²) in [5.41, 5.74) is 4.20. The minimum Gasteiger partial charge on any atom is -0.496 e. The van der Waals surface area contributed by atoms with Gasteiger partial charge < -0.3 is 19.3 Å². The van der Waals surface area contributed by atoms with E-state index < -0.39 is 24.1 Å². The predicted molar refractivity (Wildman–Crippen MR) is 123 cm³/mol. The number of morpholine rings is 1. The first-order chi connectivity index (χ1) is 17.3. The molecule has 1 aliphatic heterocycles. The fourth-order valence-corrected chi connectivity index (χ4v) is 3.63. The van der Waals surface area contributed by atoms with E-state index in [0.717, 1.165) is 11.6 Å². The van der Waals surface area contributed by atoms with Crippen LogP contribution in [-0.4, -0.2) is 74.0 Å². The van der Waals surface area contributed by atoms with E-state index in [-0.39, 0.29) is 30.2 Å². The number of halogens is 3. The maximum atomic E-state index is 14.9. The number of hydrogen-bond donors (Lipinski definition) is 2. The molecule has 0 unspecified atom stereocenters. The number of carbonyl (C=O) groups is 3. The van der Waals surface area contributed by atoms with Crippen molar-refractivity contribution in [1.29, 1.82) is 0 Å². The molecule has 0 aromatic heterocycles. The summed E-state index contributed by atoms with van der Waals surface area (Å²) in [6.07, 6.45) is -2.85. The lowest BCUT2D eigenvalue weighted by molar-refractivity contribution is -0.132. The smallest absolute Gasteiger partial charge is 0.320 e. The van der Waals surface area contributed by atoms with Crippen LogP contribution in [-0.2, 0) is 22.5 Å². The van der Waals surface area contributed by atoms with Crippen molar-refractivity contribution in [2.75, 3.05) is 40.0 Å². The molecule has 36 heavy (non-hydrogen) atoms. The van der Waals surface area contributed by atoms with Crippen LogP contribution in [0.5, 0.6) is 5.75 Å². The van der Waals surface area contributed by atoms with E-state index >= 15 is 0 Å². The summed E-state index contributed by atoms with van der Waals surface area (Å²) in [4.78, 5) is 39.4. The molecule has 0 aliphatic carbocycles. The molecular weight excluding hydrogens is 481 g/mol. The van der Waals surface area contributed by atoms with Gasteiger partial charge in [0.2, 0.25) is 0 Å². The van der Waals surface area contributed by atoms with E-state index in [9.17, 15) is 27.6 Å². The van der Waals surface area contributed by atoms with Crippen molar-refractivity contribution in [3.05, 3.63) is 65.0 Å². The van der Waals surface area contributed by atoms with Gasteiger partial charge in [-0.05, 0) is 30.2 Å². The SMILES string of the molecule is COc1ccccc1CCN(Cc1ccc(C(=O)NNC(=O)C(F)F)cc1F)C(=O)N1CCOCC1. The standard InChI is InChI=1S/C24H27F3N4O5/c1-35-20-5-3-2-4-16(20)8-9-31(24(34)30-10-12-36-13-11-30)15-18-7-6-17(14-19(18)25)22(32)28-29-23(33)21(26)27/h2-7,14,21H,8-13,15H2,1H3,(H,28,32)(H,29,33). The molecule has 0 radical (unpaired) electrons. The molecule has 0 atom stereocenters. The van der Waals surface area contributed by atoms with Crippen LogP contribution in [0, 0.1) is 5.82 Å². The molecule has 0 saturated carbocycles. The van der Waals surface area contributed by atoms with Crippen LogP contribution >= 0.6 is 0 Å². The molecule has 194 valence electrons. The zero-order chi connectivity index (χ0) is 26.1. The van der Waals surface area contributed by atoms with Crippen molar-refractivity contribution in [2.24, 2.45) is 0 Å². The average Bonchev–Trinajstić information content (AvgIpc) is 2.90. The Hall–Kier alpha value is -3.80. The summed E-state index contributed by atoms with van der Waals surface area (Å²) in [7, 11) is 1.56. The molecule has 2 N–H and O–H groups in total. The molecule has 1 fully saturated rings. The van der Waals surface area contributed by atoms with Crippen LogP contribution < -0.4 is 15.6 Å². The number of hydrazine groups is 1. The number of ether oxygens (including phenoxy) is 2. The number of nitrogens with zero attached hydrogens (tertiary/aromatic N) is 2. The molecule has 1 aliphatic rings. The summed E-state index contributed by atoms with van der Waals surface area (Å²) in [5, 5.41) is 0. The lowest BCUT2D eigenvalue weighted by atomic mass is 10.1. The Labute approximate surface area is 206 Å². The Morgan fingerprint density at radius 1 is 1.08 bits per heavy atom. The highest BCUT2D eigenvalue weighted by Gasteiger charge is 2.24. The average molecular weight is 508 g/mol. The van der Waals surface area contributed by atoms with Gasteiger partial charge in [0.25, 0.3) is 5.91 Å². The van der Waals surface area contributed by atoms with Gasteiger partial charge in [0.1, 0.15) is 11.6 Å². The van der Waals surface area contributed by atoms with Gasteiger partial charge in [0.15, 0.2) is 0 Å². The first-order valence-electron chi connectivity index (χ1n) is 11.2. The van der Waals surface area contributed by atoms with Gasteiger partial charge in [-0.25, -0.2) is 9.18 Å². The number of para-hydroxylation sites is 1. The fourth-order valence-electron chi connectivity index (χ4n) is 3.63. The zero-order valence-corrected chi connectivity index (χ0v) is 19.6. The number of nitrogens with one attached hydrogen (secondary N) is 2. The second kappa shape index (κ2) is 12.8. The van der Waals surface area contributed by atoms with E-state index in [1.165, 1.54) is 17.0 Å². The van der Waals surface area contributed by atoms with Crippen molar-refractivity contribution < 1.29 is 37.0 Å². The monoisotopic (exact) mass is 508 g/mol. The minimum absolute atomic E-state index is 0.0683. The molecule has 0 spiro atoms. The van der Waals surface area contributed by atoms with E-state index in [4.69, 9.17) is 9.47 Å². The second-order valence-corrected chi connectivity index (χ2v) is 7.92. The van der Waals surface area contributed by atoms with E-state index in [0.29, 0.717) is 38.5 Å². The van der Waals surface area contributed by atoms with Crippen molar-refractivity contribution in [3.8, 4) is 5.75 Å². The van der Waals surface area contributed by atoms with Crippen LogP contribution in [0.15, 0.2) is 42.5 Å². The number of urea groups is 1. The van der Waals surface area contributed by atoms with Crippen LogP contribution in [0.3, 0.4) is 0 Å². The van der Waals surface area contributed by atoms with Crippen LogP contribution in [0.25, 0.3) is 0 Å². The first-order valence-corrected chi connectivity index (χ1v) is 11.2. The molecule has 4 amide bonds. The van der Waals surface area contributed by atoms with E-state index in [1.54, 1.807) is 22.9 Å². The third-order valence-electron chi connectivity index (χ3n) is 5.57. The van der Waals surface area contributed by atoms with Gasteiger partial charge in [-0.1, -0.05) is 24.3 Å². The first kappa shape index (κ1) is 26.8. The molecule has 2 aromatic rings. The number of benzene rings is 2. The number of hydrogen-bond acceptors (Lipinski definition) is 5. The summed E-state index contributed by atoms with van der Waals surface area (Å²) >= 11 is 0. The molecule has 1 heterocycles. The highest BCUT2D eigenvalue weighted by Crippen LogP contribution is 2.20. The molecule has 2 aromatic carbocycles. The Morgan fingerprint density at radius 2 is 1.81 bits per heavy atom. The van der Waals surface area contributed by atoms with Gasteiger partial charge in [-0.3, -0.25) is 20.4 Å². The number of carbonyl (C=O) groups excluding carboxylic acids is 3. The summed E-state index contributed by atoms with van der Waals surface area (Å²) in [6.45, 7) is 1.85. The topological polar surface area (TPSA) is 100 Å². The predicted octanol–water partition coefficient (Wildman–Crippen LogP) is 2.36. The molecule has 9 nitrogen and oxygen atoms in total. The molecular formula is C24H27F3N4O5. The van der Waals surface area contributed by atoms with Gasteiger partial charge in [0, 0.05) is 30.8 Å². The summed E-state index contributed by atoms with van der Waals surface area (Å²) in [6, 6.07) is 10.7. The van der Waals surface area contributed by atoms with Crippen molar-refractivity contribution in [2.45, 2.75) is 19.4 Å². The van der Waals surface area contributed by atoms with Crippen molar-refractivity contribution in [3.63, 3.8) is 0 Å². The van der Waals surface area contributed by atoms with Crippen LogP contribution in [0.4, 0.5) is 18.0 Å². The second-order valence-electron chi connectivity index (χ2n) is 7.92. The quantitative estimate of drug-likeness (QED) is 0.534. The largest absolute Gasteiger partial charge is 0.496 e. The Bertz CT molecular complexity index is 1080. The highest BCUT2D eigenvalue weighted by molar-refractivity contribution is 5.95. The van der Waals surface area contributed by atoms with Gasteiger partial charge >= 0.3 is 18.4 Å². The number of methoxy groups -OCH3 is 1. The third kappa shape index (κ3) is 7.11. The molecule has 0 bridgehead atoms. The maximum absolute atomic E-state index is 14.9. The third-order valence-corrected chi connectivity index (χ3v) is 5.57. The van der Waals surface area contributed by atoms with Crippen LogP contribution in [0.2, 0.25) is 0 Å². The Morgan fingerprint density at radius 3 is 2.47 bits per heavy atom. The minimum atomic E-state index is -3.31. The fraction of sp³-hybridized carbons (Fsp3) is 0.375.